The number of carbonyl (C=O) groups is 3. The van der Waals surface area contributed by atoms with Crippen molar-refractivity contribution in [1.82, 2.24) is 15.3 Å². The molecule has 0 saturated carbocycles. The number of anilines is 2. The van der Waals surface area contributed by atoms with Crippen LogP contribution in [0, 0.1) is 6.92 Å². The van der Waals surface area contributed by atoms with Gasteiger partial charge in [-0.15, -0.1) is 0 Å². The SMILES string of the molecule is Cc1ncc(-c2ccc3nc(N(C)C(=O)CCCCCNC(=O)OC(C)(C)C)sc3c2)cc1NC(=O)Cc1ccccc1. The first kappa shape index (κ1) is 31.6. The van der Waals surface area contributed by atoms with Gasteiger partial charge in [0.1, 0.15) is 5.60 Å². The fourth-order valence-electron chi connectivity index (χ4n) is 4.39. The zero-order valence-electron chi connectivity index (χ0n) is 25.4. The third kappa shape index (κ3) is 9.34. The largest absolute Gasteiger partial charge is 0.444 e. The number of thiazole rings is 1. The minimum Gasteiger partial charge on any atom is -0.444 e. The van der Waals surface area contributed by atoms with Crippen LogP contribution in [0.25, 0.3) is 21.3 Å². The van der Waals surface area contributed by atoms with Gasteiger partial charge in [-0.05, 0) is 69.9 Å². The highest BCUT2D eigenvalue weighted by molar-refractivity contribution is 7.22. The normalized spacial score (nSPS) is 11.3. The van der Waals surface area contributed by atoms with Gasteiger partial charge in [0.15, 0.2) is 5.13 Å². The Labute approximate surface area is 256 Å². The van der Waals surface area contributed by atoms with Crippen LogP contribution in [0.1, 0.15) is 57.7 Å². The van der Waals surface area contributed by atoms with Gasteiger partial charge in [-0.1, -0.05) is 54.2 Å². The Morgan fingerprint density at radius 3 is 2.49 bits per heavy atom. The van der Waals surface area contributed by atoms with Crippen LogP contribution < -0.4 is 15.5 Å². The lowest BCUT2D eigenvalue weighted by atomic mass is 10.1. The lowest BCUT2D eigenvalue weighted by molar-refractivity contribution is -0.118. The van der Waals surface area contributed by atoms with E-state index in [0.717, 1.165) is 51.9 Å². The first-order valence-corrected chi connectivity index (χ1v) is 15.2. The first-order chi connectivity index (χ1) is 20.5. The van der Waals surface area contributed by atoms with E-state index in [4.69, 9.17) is 4.74 Å². The van der Waals surface area contributed by atoms with Crippen LogP contribution in [0.3, 0.4) is 0 Å². The van der Waals surface area contributed by atoms with Crippen molar-refractivity contribution in [2.75, 3.05) is 23.8 Å². The van der Waals surface area contributed by atoms with Crippen molar-refractivity contribution in [3.8, 4) is 11.1 Å². The molecule has 226 valence electrons. The summed E-state index contributed by atoms with van der Waals surface area (Å²) in [6.07, 6.45) is 4.37. The Balaban J connectivity index is 1.32. The van der Waals surface area contributed by atoms with E-state index in [1.165, 1.54) is 11.3 Å². The molecular weight excluding hydrogens is 562 g/mol. The number of pyridine rings is 1. The van der Waals surface area contributed by atoms with Crippen molar-refractivity contribution >= 4 is 50.3 Å². The molecule has 0 radical (unpaired) electrons. The number of unbranched alkanes of at least 4 members (excludes halogenated alkanes) is 2. The van der Waals surface area contributed by atoms with Gasteiger partial charge in [0.05, 0.1) is 28.0 Å². The van der Waals surface area contributed by atoms with E-state index in [9.17, 15) is 14.4 Å². The molecule has 0 atom stereocenters. The smallest absolute Gasteiger partial charge is 0.407 e. The summed E-state index contributed by atoms with van der Waals surface area (Å²) in [5.41, 5.74) is 4.48. The average Bonchev–Trinajstić information content (AvgIpc) is 3.38. The highest BCUT2D eigenvalue weighted by Crippen LogP contribution is 2.33. The number of amides is 3. The second kappa shape index (κ2) is 14.2. The van der Waals surface area contributed by atoms with Crippen LogP contribution in [0.4, 0.5) is 15.6 Å². The number of carbonyl (C=O) groups excluding carboxylic acids is 3. The molecule has 2 heterocycles. The van der Waals surface area contributed by atoms with Gasteiger partial charge in [0, 0.05) is 31.8 Å². The van der Waals surface area contributed by atoms with Crippen LogP contribution in [-0.4, -0.2) is 47.1 Å². The zero-order chi connectivity index (χ0) is 31.0. The number of benzene rings is 2. The fourth-order valence-corrected chi connectivity index (χ4v) is 5.37. The molecule has 9 nitrogen and oxygen atoms in total. The second-order valence-electron chi connectivity index (χ2n) is 11.4. The van der Waals surface area contributed by atoms with Gasteiger partial charge >= 0.3 is 6.09 Å². The molecule has 0 spiro atoms. The molecule has 0 aliphatic carbocycles. The van der Waals surface area contributed by atoms with Crippen molar-refractivity contribution in [2.45, 2.75) is 65.4 Å². The average molecular weight is 602 g/mol. The molecule has 0 fully saturated rings. The van der Waals surface area contributed by atoms with Crippen molar-refractivity contribution in [1.29, 1.82) is 0 Å². The predicted octanol–water partition coefficient (Wildman–Crippen LogP) is 6.90. The van der Waals surface area contributed by atoms with E-state index in [0.29, 0.717) is 23.8 Å². The number of hydrogen-bond donors (Lipinski definition) is 2. The molecule has 2 aromatic heterocycles. The summed E-state index contributed by atoms with van der Waals surface area (Å²) in [7, 11) is 1.75. The Bertz CT molecular complexity index is 1580. The van der Waals surface area contributed by atoms with E-state index >= 15 is 0 Å². The number of alkyl carbamates (subject to hydrolysis) is 1. The summed E-state index contributed by atoms with van der Waals surface area (Å²) >= 11 is 1.46. The second-order valence-corrected chi connectivity index (χ2v) is 12.4. The summed E-state index contributed by atoms with van der Waals surface area (Å²) < 4.78 is 6.18. The Kier molecular flexibility index (Phi) is 10.5. The summed E-state index contributed by atoms with van der Waals surface area (Å²) in [4.78, 5) is 48.0. The number of rotatable bonds is 11. The van der Waals surface area contributed by atoms with Gasteiger partial charge in [0.2, 0.25) is 11.8 Å². The van der Waals surface area contributed by atoms with E-state index in [1.807, 2.05) is 82.3 Å². The summed E-state index contributed by atoms with van der Waals surface area (Å²) in [5, 5.41) is 6.38. The molecular formula is C33H39N5O4S. The maximum absolute atomic E-state index is 12.8. The summed E-state index contributed by atoms with van der Waals surface area (Å²) in [6.45, 7) is 7.86. The maximum atomic E-state index is 12.8. The molecule has 43 heavy (non-hydrogen) atoms. The number of ether oxygens (including phenoxy) is 1. The van der Waals surface area contributed by atoms with Crippen LogP contribution >= 0.6 is 11.3 Å². The quantitative estimate of drug-likeness (QED) is 0.181. The maximum Gasteiger partial charge on any atom is 0.407 e. The van der Waals surface area contributed by atoms with Gasteiger partial charge in [-0.2, -0.15) is 0 Å². The number of aromatic nitrogens is 2. The highest BCUT2D eigenvalue weighted by atomic mass is 32.1. The molecule has 4 rings (SSSR count). The van der Waals surface area contributed by atoms with E-state index in [1.54, 1.807) is 18.1 Å². The topological polar surface area (TPSA) is 114 Å². The predicted molar refractivity (Wildman–Crippen MR) is 172 cm³/mol. The number of nitrogens with zero attached hydrogens (tertiary/aromatic N) is 3. The Morgan fingerprint density at radius 2 is 1.74 bits per heavy atom. The standard InChI is InChI=1S/C33H39N5O4S/c1-22-27(36-29(39)18-23-12-8-6-9-13-23)19-25(21-35-22)24-15-16-26-28(20-24)43-31(37-26)38(5)30(40)14-10-7-11-17-34-32(41)42-33(2,3)4/h6,8-9,12-13,15-16,19-21H,7,10-11,14,17-18H2,1-5H3,(H,34,41)(H,36,39). The molecule has 0 unspecified atom stereocenters. The van der Waals surface area contributed by atoms with Gasteiger partial charge < -0.3 is 15.4 Å². The van der Waals surface area contributed by atoms with Crippen LogP contribution in [-0.2, 0) is 20.7 Å². The Hall–Kier alpha value is -4.31. The molecule has 10 heteroatoms. The zero-order valence-corrected chi connectivity index (χ0v) is 26.2. The van der Waals surface area contributed by atoms with Crippen LogP contribution in [0.5, 0.6) is 0 Å². The van der Waals surface area contributed by atoms with Crippen molar-refractivity contribution in [3.63, 3.8) is 0 Å². The van der Waals surface area contributed by atoms with Crippen molar-refractivity contribution in [2.24, 2.45) is 0 Å². The highest BCUT2D eigenvalue weighted by Gasteiger charge is 2.17. The van der Waals surface area contributed by atoms with E-state index in [-0.39, 0.29) is 18.2 Å². The van der Waals surface area contributed by atoms with Crippen LogP contribution in [0.2, 0.25) is 0 Å². The van der Waals surface area contributed by atoms with Gasteiger partial charge in [-0.3, -0.25) is 19.5 Å². The molecule has 3 amide bonds. The molecule has 0 saturated heterocycles. The Morgan fingerprint density at radius 1 is 0.977 bits per heavy atom. The minimum absolute atomic E-state index is 0.00185. The number of nitrogens with one attached hydrogen (secondary N) is 2. The third-order valence-corrected chi connectivity index (χ3v) is 7.77. The molecule has 0 aliphatic heterocycles. The number of aryl methyl sites for hydroxylation is 1. The molecule has 4 aromatic rings. The first-order valence-electron chi connectivity index (χ1n) is 14.4. The fraction of sp³-hybridized carbons (Fsp3) is 0.364. The molecule has 0 bridgehead atoms. The third-order valence-electron chi connectivity index (χ3n) is 6.68. The monoisotopic (exact) mass is 601 g/mol. The van der Waals surface area contributed by atoms with Gasteiger partial charge in [-0.25, -0.2) is 9.78 Å². The van der Waals surface area contributed by atoms with Crippen molar-refractivity contribution < 1.29 is 19.1 Å². The van der Waals surface area contributed by atoms with Crippen molar-refractivity contribution in [3.05, 3.63) is 72.1 Å². The van der Waals surface area contributed by atoms with Gasteiger partial charge in [0.25, 0.3) is 0 Å². The number of hydrogen-bond acceptors (Lipinski definition) is 7. The molecule has 0 aliphatic rings. The lowest BCUT2D eigenvalue weighted by Gasteiger charge is -2.19. The summed E-state index contributed by atoms with van der Waals surface area (Å²) in [6, 6.07) is 17.5. The lowest BCUT2D eigenvalue weighted by Crippen LogP contribution is -2.33. The molecule has 2 N–H and O–H groups in total. The van der Waals surface area contributed by atoms with E-state index in [2.05, 4.69) is 20.6 Å². The minimum atomic E-state index is -0.521. The number of fused-ring (bicyclic) bond motifs is 1. The van der Waals surface area contributed by atoms with Crippen LogP contribution in [0.15, 0.2) is 60.8 Å². The summed E-state index contributed by atoms with van der Waals surface area (Å²) in [5.74, 6) is -0.0982. The molecule has 2 aromatic carbocycles. The van der Waals surface area contributed by atoms with E-state index < -0.39 is 11.7 Å².